The smallest absolute Gasteiger partial charge is 0.0976 e. The van der Waals surface area contributed by atoms with Crippen molar-refractivity contribution in [2.45, 2.75) is 25.5 Å². The molecule has 0 bridgehead atoms. The summed E-state index contributed by atoms with van der Waals surface area (Å²) >= 11 is 5.90. The van der Waals surface area contributed by atoms with Crippen LogP contribution in [0.1, 0.15) is 25.0 Å². The van der Waals surface area contributed by atoms with E-state index in [9.17, 15) is 0 Å². The molecule has 1 aromatic carbocycles. The van der Waals surface area contributed by atoms with Crippen molar-refractivity contribution in [2.24, 2.45) is 5.73 Å². The Kier molecular flexibility index (Phi) is 8.82. The minimum atomic E-state index is -0.136. The van der Waals surface area contributed by atoms with E-state index >= 15 is 0 Å². The van der Waals surface area contributed by atoms with Gasteiger partial charge in [0, 0.05) is 18.2 Å². The minimum absolute atomic E-state index is 0.0462. The molecule has 4 nitrogen and oxygen atoms in total. The molecule has 0 heterocycles. The molecule has 0 saturated carbocycles. The van der Waals surface area contributed by atoms with Crippen LogP contribution in [0.5, 0.6) is 0 Å². The molecule has 0 fully saturated rings. The molecule has 0 aliphatic rings. The predicted molar refractivity (Wildman–Crippen MR) is 81.1 cm³/mol. The fourth-order valence-electron chi connectivity index (χ4n) is 1.81. The molecular weight excluding hydrogens is 278 g/mol. The van der Waals surface area contributed by atoms with E-state index < -0.39 is 0 Å². The maximum absolute atomic E-state index is 6.13. The Bertz CT molecular complexity index is 359. The molecule has 20 heavy (non-hydrogen) atoms. The van der Waals surface area contributed by atoms with Crippen LogP contribution in [0, 0.1) is 0 Å². The molecule has 1 rings (SSSR count). The topological polar surface area (TPSA) is 53.7 Å². The molecule has 0 saturated heterocycles. The number of hydrogen-bond donors (Lipinski definition) is 1. The van der Waals surface area contributed by atoms with Crippen molar-refractivity contribution in [3.8, 4) is 0 Å². The van der Waals surface area contributed by atoms with Gasteiger partial charge in [-0.1, -0.05) is 30.7 Å². The first-order chi connectivity index (χ1) is 9.69. The summed E-state index contributed by atoms with van der Waals surface area (Å²) in [6.07, 6.45) is 0.709. The predicted octanol–water partition coefficient (Wildman–Crippen LogP) is 2.80. The molecule has 2 unspecified atom stereocenters. The number of hydrogen-bond acceptors (Lipinski definition) is 4. The highest BCUT2D eigenvalue weighted by Crippen LogP contribution is 2.23. The average molecular weight is 302 g/mol. The highest BCUT2D eigenvalue weighted by atomic mass is 35.5. The van der Waals surface area contributed by atoms with Gasteiger partial charge in [0.15, 0.2) is 0 Å². The van der Waals surface area contributed by atoms with E-state index in [0.717, 1.165) is 12.0 Å². The minimum Gasteiger partial charge on any atom is -0.382 e. The van der Waals surface area contributed by atoms with E-state index in [1.54, 1.807) is 7.11 Å². The molecule has 0 aromatic heterocycles. The third-order valence-electron chi connectivity index (χ3n) is 3.02. The lowest BCUT2D eigenvalue weighted by atomic mass is 10.0. The van der Waals surface area contributed by atoms with Crippen molar-refractivity contribution in [1.29, 1.82) is 0 Å². The number of halogens is 1. The molecule has 5 heteroatoms. The SMILES string of the molecule is CCC(N)C(OCCOCCOC)c1ccc(Cl)cc1. The fourth-order valence-corrected chi connectivity index (χ4v) is 1.94. The van der Waals surface area contributed by atoms with Gasteiger partial charge in [0.05, 0.1) is 32.5 Å². The lowest BCUT2D eigenvalue weighted by Crippen LogP contribution is -2.30. The van der Waals surface area contributed by atoms with Gasteiger partial charge < -0.3 is 19.9 Å². The van der Waals surface area contributed by atoms with Crippen molar-refractivity contribution < 1.29 is 14.2 Å². The highest BCUT2D eigenvalue weighted by Gasteiger charge is 2.19. The summed E-state index contributed by atoms with van der Waals surface area (Å²) in [5.41, 5.74) is 7.17. The van der Waals surface area contributed by atoms with Gasteiger partial charge in [-0.25, -0.2) is 0 Å². The number of nitrogens with two attached hydrogens (primary N) is 1. The monoisotopic (exact) mass is 301 g/mol. The molecule has 0 aliphatic heterocycles. The summed E-state index contributed by atoms with van der Waals surface area (Å²) in [6, 6.07) is 7.56. The first kappa shape index (κ1) is 17.4. The van der Waals surface area contributed by atoms with E-state index in [1.807, 2.05) is 31.2 Å². The van der Waals surface area contributed by atoms with Gasteiger partial charge in [-0.15, -0.1) is 0 Å². The lowest BCUT2D eigenvalue weighted by Gasteiger charge is -2.24. The Balaban J connectivity index is 2.46. The Morgan fingerprint density at radius 2 is 1.75 bits per heavy atom. The van der Waals surface area contributed by atoms with Gasteiger partial charge in [-0.05, 0) is 24.1 Å². The van der Waals surface area contributed by atoms with Crippen LogP contribution in [0.25, 0.3) is 0 Å². The van der Waals surface area contributed by atoms with Crippen molar-refractivity contribution in [1.82, 2.24) is 0 Å². The third-order valence-corrected chi connectivity index (χ3v) is 3.27. The molecule has 0 spiro atoms. The summed E-state index contributed by atoms with van der Waals surface area (Å²) in [7, 11) is 1.65. The quantitative estimate of drug-likeness (QED) is 0.675. The van der Waals surface area contributed by atoms with E-state index in [2.05, 4.69) is 0 Å². The van der Waals surface area contributed by atoms with Gasteiger partial charge >= 0.3 is 0 Å². The Hall–Kier alpha value is -0.650. The third kappa shape index (κ3) is 6.20. The standard InChI is InChI=1S/C15H24ClNO3/c1-3-14(17)15(12-4-6-13(16)7-5-12)20-11-10-19-9-8-18-2/h4-7,14-15H,3,8-11,17H2,1-2H3. The zero-order chi connectivity index (χ0) is 14.8. The molecule has 0 radical (unpaired) electrons. The van der Waals surface area contributed by atoms with Gasteiger partial charge in [-0.2, -0.15) is 0 Å². The molecular formula is C15H24ClNO3. The Morgan fingerprint density at radius 1 is 1.10 bits per heavy atom. The second-order valence-electron chi connectivity index (χ2n) is 4.52. The van der Waals surface area contributed by atoms with Gasteiger partial charge in [0.2, 0.25) is 0 Å². The zero-order valence-corrected chi connectivity index (χ0v) is 12.9. The van der Waals surface area contributed by atoms with Crippen LogP contribution < -0.4 is 5.73 Å². The average Bonchev–Trinajstić information content (AvgIpc) is 2.47. The summed E-state index contributed by atoms with van der Waals surface area (Å²) in [5, 5.41) is 0.709. The van der Waals surface area contributed by atoms with Crippen LogP contribution in [-0.4, -0.2) is 39.6 Å². The summed E-state index contributed by atoms with van der Waals surface area (Å²) < 4.78 is 16.2. The number of benzene rings is 1. The Morgan fingerprint density at radius 3 is 2.35 bits per heavy atom. The van der Waals surface area contributed by atoms with E-state index in [0.29, 0.717) is 31.5 Å². The normalized spacial score (nSPS) is 14.2. The summed E-state index contributed by atoms with van der Waals surface area (Å²) in [5.74, 6) is 0. The van der Waals surface area contributed by atoms with Crippen molar-refractivity contribution in [2.75, 3.05) is 33.5 Å². The van der Waals surface area contributed by atoms with Crippen LogP contribution >= 0.6 is 11.6 Å². The van der Waals surface area contributed by atoms with Crippen LogP contribution in [0.15, 0.2) is 24.3 Å². The molecule has 0 amide bonds. The fraction of sp³-hybridized carbons (Fsp3) is 0.600. The zero-order valence-electron chi connectivity index (χ0n) is 12.2. The van der Waals surface area contributed by atoms with Crippen LogP contribution in [0.3, 0.4) is 0 Å². The highest BCUT2D eigenvalue weighted by molar-refractivity contribution is 6.30. The Labute approximate surface area is 126 Å². The van der Waals surface area contributed by atoms with E-state index in [-0.39, 0.29) is 12.1 Å². The van der Waals surface area contributed by atoms with Gasteiger partial charge in [-0.3, -0.25) is 0 Å². The number of ether oxygens (including phenoxy) is 3. The molecule has 2 N–H and O–H groups in total. The van der Waals surface area contributed by atoms with Crippen LogP contribution in [0.4, 0.5) is 0 Å². The molecule has 114 valence electrons. The van der Waals surface area contributed by atoms with Gasteiger partial charge in [0.25, 0.3) is 0 Å². The molecule has 2 atom stereocenters. The maximum Gasteiger partial charge on any atom is 0.0976 e. The number of methoxy groups -OCH3 is 1. The summed E-state index contributed by atoms with van der Waals surface area (Å²) in [4.78, 5) is 0. The first-order valence-corrected chi connectivity index (χ1v) is 7.26. The molecule has 0 aliphatic carbocycles. The van der Waals surface area contributed by atoms with E-state index in [4.69, 9.17) is 31.5 Å². The van der Waals surface area contributed by atoms with Crippen molar-refractivity contribution in [3.63, 3.8) is 0 Å². The maximum atomic E-state index is 6.13. The van der Waals surface area contributed by atoms with Crippen LogP contribution in [-0.2, 0) is 14.2 Å². The summed E-state index contributed by atoms with van der Waals surface area (Å²) in [6.45, 7) is 4.25. The molecule has 1 aromatic rings. The van der Waals surface area contributed by atoms with Crippen molar-refractivity contribution in [3.05, 3.63) is 34.9 Å². The largest absolute Gasteiger partial charge is 0.382 e. The first-order valence-electron chi connectivity index (χ1n) is 6.88. The second-order valence-corrected chi connectivity index (χ2v) is 4.96. The second kappa shape index (κ2) is 10.1. The lowest BCUT2D eigenvalue weighted by molar-refractivity contribution is -0.0165. The van der Waals surface area contributed by atoms with E-state index in [1.165, 1.54) is 0 Å². The van der Waals surface area contributed by atoms with Gasteiger partial charge in [0.1, 0.15) is 0 Å². The van der Waals surface area contributed by atoms with Crippen molar-refractivity contribution >= 4 is 11.6 Å². The van der Waals surface area contributed by atoms with Crippen LogP contribution in [0.2, 0.25) is 5.02 Å². The number of rotatable bonds is 10.